The van der Waals surface area contributed by atoms with Crippen LogP contribution in [0.5, 0.6) is 0 Å². The van der Waals surface area contributed by atoms with Crippen molar-refractivity contribution in [2.45, 2.75) is 96.7 Å². The lowest BCUT2D eigenvalue weighted by Gasteiger charge is -2.38. The SMILES string of the molecule is CCOP(=O)(OCC)C1CC1[C@H]1O[C@@H](n2cnc3c(NC(=O)c4ccccc4)ncnc32)[C@@H](OC)C1OP(OCCC#N)N(C(C)C)C(C)C. The van der Waals surface area contributed by atoms with Crippen LogP contribution in [0, 0.1) is 17.2 Å². The molecule has 272 valence electrons. The Balaban J connectivity index is 1.51. The Hall–Kier alpha value is -2.89. The largest absolute Gasteiger partial charge is 0.374 e. The molecule has 0 radical (unpaired) electrons. The van der Waals surface area contributed by atoms with Crippen molar-refractivity contribution in [3.63, 3.8) is 0 Å². The molecule has 2 fully saturated rings. The summed E-state index contributed by atoms with van der Waals surface area (Å²) in [5, 5.41) is 12.1. The zero-order valence-corrected chi connectivity index (χ0v) is 31.3. The summed E-state index contributed by atoms with van der Waals surface area (Å²) in [6.45, 7) is 12.5. The lowest BCUT2D eigenvalue weighted by atomic mass is 10.1. The molecule has 1 N–H and O–H groups in total. The molecule has 1 aromatic carbocycles. The van der Waals surface area contributed by atoms with E-state index in [4.69, 9.17) is 27.6 Å². The van der Waals surface area contributed by atoms with Gasteiger partial charge in [-0.25, -0.2) is 19.6 Å². The zero-order chi connectivity index (χ0) is 36.0. The molecule has 5 rings (SSSR count). The molecule has 15 nitrogen and oxygen atoms in total. The minimum Gasteiger partial charge on any atom is -0.374 e. The van der Waals surface area contributed by atoms with Gasteiger partial charge >= 0.3 is 7.60 Å². The van der Waals surface area contributed by atoms with E-state index in [-0.39, 0.29) is 56.0 Å². The van der Waals surface area contributed by atoms with Crippen molar-refractivity contribution in [1.82, 2.24) is 24.2 Å². The number of ether oxygens (including phenoxy) is 2. The summed E-state index contributed by atoms with van der Waals surface area (Å²) < 4.78 is 55.4. The number of hydrogen-bond donors (Lipinski definition) is 1. The summed E-state index contributed by atoms with van der Waals surface area (Å²) in [6, 6.07) is 11.1. The third kappa shape index (κ3) is 8.26. The number of imidazole rings is 1. The zero-order valence-electron chi connectivity index (χ0n) is 29.5. The van der Waals surface area contributed by atoms with Crippen LogP contribution >= 0.6 is 16.1 Å². The summed E-state index contributed by atoms with van der Waals surface area (Å²) in [4.78, 5) is 26.4. The number of nitrogens with one attached hydrogen (secondary N) is 1. The second kappa shape index (κ2) is 17.1. The van der Waals surface area contributed by atoms with E-state index < -0.39 is 46.3 Å². The number of carbonyl (C=O) groups is 1. The predicted octanol–water partition coefficient (Wildman–Crippen LogP) is 6.31. The molecule has 0 bridgehead atoms. The van der Waals surface area contributed by atoms with Crippen LogP contribution in [-0.4, -0.2) is 93.1 Å². The quantitative estimate of drug-likeness (QED) is 0.114. The van der Waals surface area contributed by atoms with Crippen LogP contribution in [0.2, 0.25) is 0 Å². The number of benzene rings is 1. The lowest BCUT2D eigenvalue weighted by Crippen LogP contribution is -2.40. The van der Waals surface area contributed by atoms with Crippen LogP contribution < -0.4 is 5.32 Å². The second-order valence-electron chi connectivity index (χ2n) is 12.5. The summed E-state index contributed by atoms with van der Waals surface area (Å²) in [5.74, 6) is -0.327. The van der Waals surface area contributed by atoms with Gasteiger partial charge in [0.05, 0.1) is 50.4 Å². The standard InChI is InChI=1S/C33H47N7O8P2/c1-8-45-50(42,46-9-2)25-18-24(25)27-28(48-49(44-17-13-16-34)40(21(3)4)22(5)6)29(43-7)33(47-27)39-20-37-26-30(35-19-36-31(26)39)38-32(41)23-14-11-10-12-15-23/h10-12,14-15,19-22,24-25,27-29,33H,8-9,13,17-18H2,1-7H3,(H,35,36,38,41)/t24?,25?,27-,28?,29+,33-,49?/m1/s1. The lowest BCUT2D eigenvalue weighted by molar-refractivity contribution is -0.0526. The minimum atomic E-state index is -3.44. The number of fused-ring (bicyclic) bond motifs is 1. The number of carbonyl (C=O) groups excluding carboxylic acids is 1. The average molecular weight is 732 g/mol. The maximum atomic E-state index is 13.9. The van der Waals surface area contributed by atoms with E-state index in [0.29, 0.717) is 23.1 Å². The maximum absolute atomic E-state index is 13.9. The minimum absolute atomic E-state index is 0.0596. The van der Waals surface area contributed by atoms with E-state index in [1.807, 2.05) is 6.07 Å². The first-order valence-corrected chi connectivity index (χ1v) is 19.7. The first-order valence-electron chi connectivity index (χ1n) is 16.9. The number of hydrogen-bond acceptors (Lipinski definition) is 13. The van der Waals surface area contributed by atoms with E-state index in [9.17, 15) is 14.6 Å². The molecule has 1 saturated heterocycles. The van der Waals surface area contributed by atoms with Gasteiger partial charge in [-0.2, -0.15) is 5.26 Å². The highest BCUT2D eigenvalue weighted by molar-refractivity contribution is 7.55. The summed E-state index contributed by atoms with van der Waals surface area (Å²) in [7, 11) is -3.56. The molecule has 50 heavy (non-hydrogen) atoms. The number of amides is 1. The third-order valence-electron chi connectivity index (χ3n) is 8.52. The smallest absolute Gasteiger partial charge is 0.334 e. The molecule has 2 aliphatic rings. The van der Waals surface area contributed by atoms with Crippen molar-refractivity contribution < 1.29 is 36.9 Å². The van der Waals surface area contributed by atoms with Crippen molar-refractivity contribution in [3.8, 4) is 6.07 Å². The van der Waals surface area contributed by atoms with Gasteiger partial charge in [0.2, 0.25) is 0 Å². The Morgan fingerprint density at radius 1 is 1.12 bits per heavy atom. The molecule has 1 aliphatic heterocycles. The van der Waals surface area contributed by atoms with Gasteiger partial charge in [-0.3, -0.25) is 13.9 Å². The number of methoxy groups -OCH3 is 1. The van der Waals surface area contributed by atoms with Gasteiger partial charge in [-0.05, 0) is 60.1 Å². The van der Waals surface area contributed by atoms with Crippen LogP contribution in [0.4, 0.5) is 5.82 Å². The van der Waals surface area contributed by atoms with Crippen molar-refractivity contribution in [2.24, 2.45) is 5.92 Å². The second-order valence-corrected chi connectivity index (χ2v) is 16.2. The molecule has 2 aromatic heterocycles. The highest BCUT2D eigenvalue weighted by Crippen LogP contribution is 2.68. The number of nitrogens with zero attached hydrogens (tertiary/aromatic N) is 6. The van der Waals surface area contributed by atoms with Crippen LogP contribution in [0.1, 0.15) is 71.0 Å². The molecule has 4 unspecified atom stereocenters. The molecular weight excluding hydrogens is 684 g/mol. The molecule has 17 heteroatoms. The van der Waals surface area contributed by atoms with Gasteiger partial charge in [0.1, 0.15) is 18.5 Å². The van der Waals surface area contributed by atoms with E-state index in [1.165, 1.54) is 6.33 Å². The topological polar surface area (TPSA) is 172 Å². The molecular formula is C33H47N7O8P2. The molecule has 3 aromatic rings. The third-order valence-corrected chi connectivity index (χ3v) is 13.3. The van der Waals surface area contributed by atoms with Gasteiger partial charge in [0.15, 0.2) is 23.2 Å². The fourth-order valence-electron chi connectivity index (χ4n) is 6.41. The number of rotatable bonds is 18. The molecule has 1 saturated carbocycles. The monoisotopic (exact) mass is 731 g/mol. The fourth-order valence-corrected chi connectivity index (χ4v) is 10.5. The van der Waals surface area contributed by atoms with Crippen LogP contribution in [0.25, 0.3) is 11.2 Å². The number of aromatic nitrogens is 4. The van der Waals surface area contributed by atoms with Crippen LogP contribution in [-0.2, 0) is 32.1 Å². The highest BCUT2D eigenvalue weighted by atomic mass is 31.2. The van der Waals surface area contributed by atoms with Crippen LogP contribution in [0.15, 0.2) is 43.0 Å². The van der Waals surface area contributed by atoms with E-state index in [1.54, 1.807) is 56.1 Å². The molecule has 1 amide bonds. The Bertz CT molecular complexity index is 1650. The van der Waals surface area contributed by atoms with E-state index >= 15 is 0 Å². The Morgan fingerprint density at radius 2 is 1.82 bits per heavy atom. The first-order chi connectivity index (χ1) is 24.1. The van der Waals surface area contributed by atoms with Gasteiger partial charge in [0.25, 0.3) is 14.4 Å². The Labute approximate surface area is 294 Å². The molecule has 0 spiro atoms. The van der Waals surface area contributed by atoms with Gasteiger partial charge in [0, 0.05) is 30.7 Å². The Morgan fingerprint density at radius 3 is 2.44 bits per heavy atom. The number of nitriles is 1. The van der Waals surface area contributed by atoms with E-state index in [0.717, 1.165) is 0 Å². The molecule has 3 heterocycles. The Kier molecular flexibility index (Phi) is 13.1. The van der Waals surface area contributed by atoms with E-state index in [2.05, 4.69) is 58.7 Å². The summed E-state index contributed by atoms with van der Waals surface area (Å²) >= 11 is 0. The molecule has 1 aliphatic carbocycles. The fraction of sp³-hybridized carbons (Fsp3) is 0.606. The van der Waals surface area contributed by atoms with Crippen molar-refractivity contribution in [1.29, 1.82) is 5.26 Å². The average Bonchev–Trinajstić information content (AvgIpc) is 3.66. The van der Waals surface area contributed by atoms with Gasteiger partial charge in [-0.15, -0.1) is 0 Å². The van der Waals surface area contributed by atoms with Crippen molar-refractivity contribution in [2.75, 3.05) is 32.2 Å². The maximum Gasteiger partial charge on any atom is 0.334 e. The van der Waals surface area contributed by atoms with Gasteiger partial charge < -0.3 is 32.9 Å². The summed E-state index contributed by atoms with van der Waals surface area (Å²) in [6.07, 6.45) is 0.894. The first kappa shape index (κ1) is 38.3. The van der Waals surface area contributed by atoms with Crippen molar-refractivity contribution in [3.05, 3.63) is 48.5 Å². The van der Waals surface area contributed by atoms with Crippen molar-refractivity contribution >= 4 is 39.0 Å². The van der Waals surface area contributed by atoms with Crippen LogP contribution in [0.3, 0.4) is 0 Å². The normalized spacial score (nSPS) is 24.3. The highest BCUT2D eigenvalue weighted by Gasteiger charge is 2.63. The molecule has 7 atom stereocenters. The number of anilines is 1. The summed E-state index contributed by atoms with van der Waals surface area (Å²) in [5.41, 5.74) is 0.856. The van der Waals surface area contributed by atoms with Gasteiger partial charge in [-0.1, -0.05) is 18.2 Å². The predicted molar refractivity (Wildman–Crippen MR) is 187 cm³/mol.